The van der Waals surface area contributed by atoms with Crippen LogP contribution in [-0.4, -0.2) is 6.54 Å². The molecule has 0 aliphatic rings. The quantitative estimate of drug-likeness (QED) is 0.627. The van der Waals surface area contributed by atoms with E-state index >= 15 is 0 Å². The van der Waals surface area contributed by atoms with Crippen molar-refractivity contribution in [2.45, 2.75) is 26.3 Å². The standard InChI is InChI=1S/C13H18BrN/c1-3-4-7-10-15-11(2)12-8-5-6-9-13(12)14/h3-6,8-9,11,15H,7,10H2,1-2H3/b4-3+. The Labute approximate surface area is 101 Å². The van der Waals surface area contributed by atoms with Crippen molar-refractivity contribution in [3.63, 3.8) is 0 Å². The third-order valence-corrected chi connectivity index (χ3v) is 3.09. The van der Waals surface area contributed by atoms with Gasteiger partial charge in [0, 0.05) is 10.5 Å². The van der Waals surface area contributed by atoms with Crippen LogP contribution in [0.4, 0.5) is 0 Å². The Kier molecular flexibility index (Phi) is 5.66. The molecule has 0 fully saturated rings. The van der Waals surface area contributed by atoms with Crippen molar-refractivity contribution >= 4 is 15.9 Å². The highest BCUT2D eigenvalue weighted by Gasteiger charge is 2.06. The van der Waals surface area contributed by atoms with E-state index < -0.39 is 0 Å². The molecule has 0 saturated heterocycles. The molecule has 0 spiro atoms. The molecule has 1 atom stereocenters. The van der Waals surface area contributed by atoms with Crippen LogP contribution in [-0.2, 0) is 0 Å². The van der Waals surface area contributed by atoms with Gasteiger partial charge in [0.05, 0.1) is 0 Å². The van der Waals surface area contributed by atoms with Gasteiger partial charge in [-0.15, -0.1) is 0 Å². The van der Waals surface area contributed by atoms with E-state index in [0.29, 0.717) is 6.04 Å². The molecule has 0 heterocycles. The van der Waals surface area contributed by atoms with E-state index in [4.69, 9.17) is 0 Å². The molecule has 0 saturated carbocycles. The minimum atomic E-state index is 0.394. The van der Waals surface area contributed by atoms with Crippen molar-refractivity contribution in [1.82, 2.24) is 5.32 Å². The summed E-state index contributed by atoms with van der Waals surface area (Å²) in [5, 5.41) is 3.49. The lowest BCUT2D eigenvalue weighted by Crippen LogP contribution is -2.19. The van der Waals surface area contributed by atoms with Crippen LogP contribution in [0.5, 0.6) is 0 Å². The van der Waals surface area contributed by atoms with E-state index in [-0.39, 0.29) is 0 Å². The fraction of sp³-hybridized carbons (Fsp3) is 0.385. The Morgan fingerprint density at radius 3 is 2.80 bits per heavy atom. The van der Waals surface area contributed by atoms with Gasteiger partial charge in [0.15, 0.2) is 0 Å². The summed E-state index contributed by atoms with van der Waals surface area (Å²) in [6.45, 7) is 5.26. The molecule has 15 heavy (non-hydrogen) atoms. The normalized spacial score (nSPS) is 13.3. The average Bonchev–Trinajstić information content (AvgIpc) is 2.25. The first-order valence-electron chi connectivity index (χ1n) is 5.34. The molecule has 0 aliphatic heterocycles. The van der Waals surface area contributed by atoms with Gasteiger partial charge in [-0.3, -0.25) is 0 Å². The summed E-state index contributed by atoms with van der Waals surface area (Å²) < 4.78 is 1.18. The van der Waals surface area contributed by atoms with Gasteiger partial charge in [-0.2, -0.15) is 0 Å². The molecule has 0 radical (unpaired) electrons. The lowest BCUT2D eigenvalue weighted by atomic mass is 10.1. The molecule has 82 valence electrons. The smallest absolute Gasteiger partial charge is 0.0303 e. The Hall–Kier alpha value is -0.600. The third kappa shape index (κ3) is 4.18. The van der Waals surface area contributed by atoms with Gasteiger partial charge in [-0.25, -0.2) is 0 Å². The minimum absolute atomic E-state index is 0.394. The molecule has 0 bridgehead atoms. The summed E-state index contributed by atoms with van der Waals surface area (Å²) in [5.41, 5.74) is 1.32. The molecule has 2 heteroatoms. The van der Waals surface area contributed by atoms with Crippen LogP contribution in [0.2, 0.25) is 0 Å². The van der Waals surface area contributed by atoms with E-state index in [0.717, 1.165) is 13.0 Å². The summed E-state index contributed by atoms with van der Waals surface area (Å²) in [7, 11) is 0. The highest BCUT2D eigenvalue weighted by Crippen LogP contribution is 2.22. The van der Waals surface area contributed by atoms with Crippen LogP contribution in [0, 0.1) is 0 Å². The summed E-state index contributed by atoms with van der Waals surface area (Å²) in [6.07, 6.45) is 5.36. The summed E-state index contributed by atoms with van der Waals surface area (Å²) in [6, 6.07) is 8.74. The minimum Gasteiger partial charge on any atom is -0.310 e. The van der Waals surface area contributed by atoms with Crippen molar-refractivity contribution in [3.05, 3.63) is 46.5 Å². The van der Waals surface area contributed by atoms with Crippen molar-refractivity contribution in [2.75, 3.05) is 6.54 Å². The maximum atomic E-state index is 3.57. The molecular weight excluding hydrogens is 250 g/mol. The predicted molar refractivity (Wildman–Crippen MR) is 70.0 cm³/mol. The number of benzene rings is 1. The second-order valence-electron chi connectivity index (χ2n) is 3.56. The molecule has 1 aromatic rings. The highest BCUT2D eigenvalue weighted by atomic mass is 79.9. The zero-order chi connectivity index (χ0) is 11.1. The van der Waals surface area contributed by atoms with Crippen molar-refractivity contribution in [3.8, 4) is 0 Å². The second-order valence-corrected chi connectivity index (χ2v) is 4.41. The number of allylic oxidation sites excluding steroid dienone is 1. The number of hydrogen-bond acceptors (Lipinski definition) is 1. The summed E-state index contributed by atoms with van der Waals surface area (Å²) in [4.78, 5) is 0. The highest BCUT2D eigenvalue weighted by molar-refractivity contribution is 9.10. The lowest BCUT2D eigenvalue weighted by molar-refractivity contribution is 0.579. The third-order valence-electron chi connectivity index (χ3n) is 2.37. The Morgan fingerprint density at radius 2 is 2.13 bits per heavy atom. The molecule has 0 aliphatic carbocycles. The van der Waals surface area contributed by atoms with Crippen LogP contribution in [0.15, 0.2) is 40.9 Å². The van der Waals surface area contributed by atoms with Crippen LogP contribution in [0.25, 0.3) is 0 Å². The number of rotatable bonds is 5. The van der Waals surface area contributed by atoms with Gasteiger partial charge in [0.1, 0.15) is 0 Å². The van der Waals surface area contributed by atoms with Crippen molar-refractivity contribution < 1.29 is 0 Å². The topological polar surface area (TPSA) is 12.0 Å². The number of hydrogen-bond donors (Lipinski definition) is 1. The van der Waals surface area contributed by atoms with Gasteiger partial charge >= 0.3 is 0 Å². The number of nitrogens with one attached hydrogen (secondary N) is 1. The van der Waals surface area contributed by atoms with E-state index in [2.05, 4.69) is 65.4 Å². The Bertz CT molecular complexity index is 320. The molecule has 1 nitrogen and oxygen atoms in total. The first kappa shape index (κ1) is 12.5. The van der Waals surface area contributed by atoms with Gasteiger partial charge in [-0.05, 0) is 38.4 Å². The molecular formula is C13H18BrN. The first-order valence-corrected chi connectivity index (χ1v) is 6.14. The predicted octanol–water partition coefficient (Wildman–Crippen LogP) is 4.07. The zero-order valence-electron chi connectivity index (χ0n) is 9.33. The van der Waals surface area contributed by atoms with Crippen LogP contribution >= 0.6 is 15.9 Å². The molecule has 0 aromatic heterocycles. The van der Waals surface area contributed by atoms with Gasteiger partial charge in [0.2, 0.25) is 0 Å². The fourth-order valence-electron chi connectivity index (χ4n) is 1.49. The second kappa shape index (κ2) is 6.81. The van der Waals surface area contributed by atoms with E-state index in [9.17, 15) is 0 Å². The SMILES string of the molecule is C/C=C/CCNC(C)c1ccccc1Br. The zero-order valence-corrected chi connectivity index (χ0v) is 10.9. The van der Waals surface area contributed by atoms with Gasteiger partial charge in [0.25, 0.3) is 0 Å². The molecule has 1 aromatic carbocycles. The van der Waals surface area contributed by atoms with Crippen LogP contribution < -0.4 is 5.32 Å². The van der Waals surface area contributed by atoms with Crippen LogP contribution in [0.1, 0.15) is 31.9 Å². The van der Waals surface area contributed by atoms with E-state index in [1.807, 2.05) is 6.07 Å². The summed E-state index contributed by atoms with van der Waals surface area (Å²) in [5.74, 6) is 0. The number of halogens is 1. The monoisotopic (exact) mass is 267 g/mol. The van der Waals surface area contributed by atoms with E-state index in [1.165, 1.54) is 10.0 Å². The molecule has 1 N–H and O–H groups in total. The molecule has 1 rings (SSSR count). The Morgan fingerprint density at radius 1 is 1.40 bits per heavy atom. The maximum absolute atomic E-state index is 3.57. The van der Waals surface area contributed by atoms with Gasteiger partial charge < -0.3 is 5.32 Å². The largest absolute Gasteiger partial charge is 0.310 e. The lowest BCUT2D eigenvalue weighted by Gasteiger charge is -2.15. The first-order chi connectivity index (χ1) is 7.25. The average molecular weight is 268 g/mol. The Balaban J connectivity index is 2.46. The summed E-state index contributed by atoms with van der Waals surface area (Å²) >= 11 is 3.57. The molecule has 0 amide bonds. The van der Waals surface area contributed by atoms with Crippen molar-refractivity contribution in [1.29, 1.82) is 0 Å². The maximum Gasteiger partial charge on any atom is 0.0303 e. The molecule has 1 unspecified atom stereocenters. The van der Waals surface area contributed by atoms with Crippen molar-refractivity contribution in [2.24, 2.45) is 0 Å². The van der Waals surface area contributed by atoms with Crippen LogP contribution in [0.3, 0.4) is 0 Å². The van der Waals surface area contributed by atoms with Gasteiger partial charge in [-0.1, -0.05) is 46.3 Å². The van der Waals surface area contributed by atoms with E-state index in [1.54, 1.807) is 0 Å². The fourth-order valence-corrected chi connectivity index (χ4v) is 2.11.